The second-order valence-corrected chi connectivity index (χ2v) is 12.8. The molecule has 2 fully saturated rings. The summed E-state index contributed by atoms with van der Waals surface area (Å²) in [5, 5.41) is 10.2. The molecule has 0 radical (unpaired) electrons. The maximum absolute atomic E-state index is 13.1. The van der Waals surface area contributed by atoms with Crippen LogP contribution in [-0.4, -0.2) is 34.7 Å². The van der Waals surface area contributed by atoms with E-state index in [9.17, 15) is 13.6 Å². The molecule has 0 bridgehead atoms. The molecule has 1 aromatic carbocycles. The highest BCUT2D eigenvalue weighted by Gasteiger charge is 2.38. The highest BCUT2D eigenvalue weighted by atomic mass is 32.2. The van der Waals surface area contributed by atoms with Gasteiger partial charge in [0.15, 0.2) is 15.7 Å². The number of nitrogens with zero attached hydrogens (tertiary/aromatic N) is 2. The van der Waals surface area contributed by atoms with Gasteiger partial charge in [-0.05, 0) is 86.3 Å². The van der Waals surface area contributed by atoms with Gasteiger partial charge in [0.25, 0.3) is 0 Å². The normalized spacial score (nSPS) is 23.5. The zero-order valence-electron chi connectivity index (χ0n) is 20.4. The van der Waals surface area contributed by atoms with Crippen LogP contribution in [0.2, 0.25) is 0 Å². The second-order valence-electron chi connectivity index (χ2n) is 10.6. The maximum atomic E-state index is 13.1. The van der Waals surface area contributed by atoms with Crippen molar-refractivity contribution in [2.45, 2.75) is 76.0 Å². The first-order chi connectivity index (χ1) is 16.2. The Kier molecular flexibility index (Phi) is 5.87. The van der Waals surface area contributed by atoms with Crippen LogP contribution in [0.1, 0.15) is 58.6 Å². The molecule has 0 aromatic heterocycles. The van der Waals surface area contributed by atoms with Crippen LogP contribution in [0.15, 0.2) is 41.4 Å². The Morgan fingerprint density at radius 2 is 1.82 bits per heavy atom. The van der Waals surface area contributed by atoms with Crippen molar-refractivity contribution in [2.24, 2.45) is 17.8 Å². The van der Waals surface area contributed by atoms with Gasteiger partial charge in [-0.15, -0.1) is 0 Å². The summed E-state index contributed by atoms with van der Waals surface area (Å²) >= 11 is 0. The summed E-state index contributed by atoms with van der Waals surface area (Å²) in [6.07, 6.45) is 6.51. The average Bonchev–Trinajstić information content (AvgIpc) is 3.54. The fourth-order valence-electron chi connectivity index (χ4n) is 5.43. The third-order valence-corrected chi connectivity index (χ3v) is 9.89. The number of fused-ring (bicyclic) bond motifs is 1. The molecular formula is C27H34N2O4S. The van der Waals surface area contributed by atoms with E-state index in [1.54, 1.807) is 25.3 Å². The topological polar surface area (TPSA) is 81.4 Å². The molecule has 0 amide bonds. The molecule has 2 aliphatic heterocycles. The number of ether oxygens (including phenoxy) is 1. The van der Waals surface area contributed by atoms with Gasteiger partial charge in [-0.25, -0.2) is 13.4 Å². The second kappa shape index (κ2) is 8.59. The fraction of sp³-hybridized carbons (Fsp3) is 0.519. The number of aryl methyl sites for hydroxylation is 1. The first-order valence-electron chi connectivity index (χ1n) is 12.4. The van der Waals surface area contributed by atoms with Crippen molar-refractivity contribution >= 4 is 9.84 Å². The molecule has 3 atom stereocenters. The van der Waals surface area contributed by atoms with Crippen LogP contribution in [0.3, 0.4) is 0 Å². The Bertz CT molecular complexity index is 1280. The monoisotopic (exact) mass is 482 g/mol. The van der Waals surface area contributed by atoms with Gasteiger partial charge in [0.1, 0.15) is 11.9 Å². The fourth-order valence-corrected chi connectivity index (χ4v) is 7.11. The lowest BCUT2D eigenvalue weighted by atomic mass is 9.75. The molecule has 2 aliphatic carbocycles. The van der Waals surface area contributed by atoms with Crippen molar-refractivity contribution in [3.8, 4) is 28.3 Å². The summed E-state index contributed by atoms with van der Waals surface area (Å²) in [6.45, 7) is 8.59. The number of sulfone groups is 1. The number of pyridine rings is 1. The van der Waals surface area contributed by atoms with Gasteiger partial charge < -0.3 is 9.94 Å². The van der Waals surface area contributed by atoms with Gasteiger partial charge in [-0.1, -0.05) is 27.2 Å². The first kappa shape index (κ1) is 23.2. The Morgan fingerprint density at radius 1 is 1.06 bits per heavy atom. The van der Waals surface area contributed by atoms with E-state index in [1.165, 1.54) is 6.42 Å². The molecule has 34 heavy (non-hydrogen) atoms. The van der Waals surface area contributed by atoms with E-state index < -0.39 is 9.84 Å². The lowest BCUT2D eigenvalue weighted by Gasteiger charge is -2.37. The Morgan fingerprint density at radius 3 is 2.53 bits per heavy atom. The predicted octanol–water partition coefficient (Wildman–Crippen LogP) is 5.98. The van der Waals surface area contributed by atoms with E-state index in [2.05, 4.69) is 25.8 Å². The molecule has 4 aliphatic rings. The van der Waals surface area contributed by atoms with E-state index in [0.717, 1.165) is 47.1 Å². The van der Waals surface area contributed by atoms with Crippen LogP contribution in [0.4, 0.5) is 0 Å². The van der Waals surface area contributed by atoms with Crippen molar-refractivity contribution in [3.05, 3.63) is 42.2 Å². The third-order valence-electron chi connectivity index (χ3n) is 7.63. The van der Waals surface area contributed by atoms with E-state index in [-0.39, 0.29) is 11.4 Å². The van der Waals surface area contributed by atoms with Crippen LogP contribution < -0.4 is 4.74 Å². The van der Waals surface area contributed by atoms with Crippen molar-refractivity contribution in [1.29, 1.82) is 0 Å². The molecule has 6 nitrogen and oxygen atoms in total. The van der Waals surface area contributed by atoms with Gasteiger partial charge in [0, 0.05) is 17.3 Å². The van der Waals surface area contributed by atoms with Crippen molar-refractivity contribution < 1.29 is 18.4 Å². The van der Waals surface area contributed by atoms with Crippen LogP contribution in [0.25, 0.3) is 22.5 Å². The summed E-state index contributed by atoms with van der Waals surface area (Å²) in [4.78, 5) is 4.65. The van der Waals surface area contributed by atoms with E-state index in [0.29, 0.717) is 39.9 Å². The van der Waals surface area contributed by atoms with Crippen LogP contribution in [0, 0.1) is 24.7 Å². The minimum absolute atomic E-state index is 0.0780. The summed E-state index contributed by atoms with van der Waals surface area (Å²) in [5.74, 6) is 2.70. The first-order valence-corrected chi connectivity index (χ1v) is 13.9. The smallest absolute Gasteiger partial charge is 0.181 e. The van der Waals surface area contributed by atoms with E-state index >= 15 is 0 Å². The third kappa shape index (κ3) is 4.08. The Balaban J connectivity index is 1.64. The largest absolute Gasteiger partial charge is 0.489 e. The molecule has 2 heterocycles. The number of hydrogen-bond donors (Lipinski definition) is 1. The lowest BCUT2D eigenvalue weighted by Crippen LogP contribution is -2.36. The van der Waals surface area contributed by atoms with Gasteiger partial charge >= 0.3 is 0 Å². The van der Waals surface area contributed by atoms with Gasteiger partial charge in [0.2, 0.25) is 0 Å². The van der Waals surface area contributed by atoms with Crippen molar-refractivity contribution in [3.63, 3.8) is 0 Å². The zero-order chi connectivity index (χ0) is 24.2. The number of hydrogen-bond acceptors (Lipinski definition) is 5. The van der Waals surface area contributed by atoms with Crippen molar-refractivity contribution in [1.82, 2.24) is 9.71 Å². The molecule has 0 unspecified atom stereocenters. The Hall–Kier alpha value is -2.54. The minimum atomic E-state index is -3.36. The highest BCUT2D eigenvalue weighted by Crippen LogP contribution is 2.44. The van der Waals surface area contributed by atoms with Crippen LogP contribution in [-0.2, 0) is 9.84 Å². The molecule has 7 heteroatoms. The van der Waals surface area contributed by atoms with Crippen molar-refractivity contribution in [2.75, 3.05) is 0 Å². The summed E-state index contributed by atoms with van der Waals surface area (Å²) in [5.41, 5.74) is 2.94. The average molecular weight is 483 g/mol. The number of rotatable bonds is 6. The maximum Gasteiger partial charge on any atom is 0.181 e. The molecule has 2 saturated carbocycles. The van der Waals surface area contributed by atoms with Gasteiger partial charge in [-0.2, -0.15) is 4.73 Å². The summed E-state index contributed by atoms with van der Waals surface area (Å²) in [7, 11) is -3.36. The summed E-state index contributed by atoms with van der Waals surface area (Å²) < 4.78 is 34.0. The Labute approximate surface area is 202 Å². The molecule has 0 saturated heterocycles. The van der Waals surface area contributed by atoms with E-state index in [1.807, 2.05) is 18.2 Å². The molecular weight excluding hydrogens is 448 g/mol. The standard InChI is InChI=1S/C27H34N2O4S/c1-16(2)21-9-5-17(3)13-26(21)33-25-10-8-20(34(31,32)19-6-7-19)15-24(25)23-14-18(4)29(30)27-22(23)11-12-28-27/h8,10-12,14-17,19,21,26,30H,5-7,9,13H2,1-4H3/t17-,21+,26-/m0/s1. The quantitative estimate of drug-likeness (QED) is 0.437. The van der Waals surface area contributed by atoms with Crippen LogP contribution >= 0.6 is 0 Å². The zero-order valence-corrected chi connectivity index (χ0v) is 21.2. The minimum Gasteiger partial charge on any atom is -0.489 e. The SMILES string of the molecule is Cc1cc(-c2cc(S(=O)(=O)C3CC3)ccc2O[C@H]2C[C@@H](C)CC[C@@H]2C(C)C)c2ccnc-2n1O. The van der Waals surface area contributed by atoms with E-state index in [4.69, 9.17) is 4.74 Å². The number of benzene rings is 1. The molecule has 182 valence electrons. The molecule has 5 rings (SSSR count). The predicted molar refractivity (Wildman–Crippen MR) is 132 cm³/mol. The lowest BCUT2D eigenvalue weighted by molar-refractivity contribution is 0.0464. The van der Waals surface area contributed by atoms with Gasteiger partial charge in [-0.3, -0.25) is 0 Å². The van der Waals surface area contributed by atoms with Gasteiger partial charge in [0.05, 0.1) is 15.8 Å². The van der Waals surface area contributed by atoms with Crippen LogP contribution in [0.5, 0.6) is 5.75 Å². The molecule has 1 aromatic rings. The number of aromatic nitrogens is 2. The molecule has 1 N–H and O–H groups in total. The summed E-state index contributed by atoms with van der Waals surface area (Å²) in [6, 6.07) is 9.03. The molecule has 0 spiro atoms. The highest BCUT2D eigenvalue weighted by molar-refractivity contribution is 7.92.